The largest absolute Gasteiger partial charge is 0.437 e. The van der Waals surface area contributed by atoms with Crippen molar-refractivity contribution in [3.05, 3.63) is 132 Å². The van der Waals surface area contributed by atoms with E-state index in [-0.39, 0.29) is 79.6 Å². The lowest BCUT2D eigenvalue weighted by atomic mass is 9.49. The van der Waals surface area contributed by atoms with Gasteiger partial charge in [0.25, 0.3) is 0 Å². The molecule has 418 valence electrons. The molecule has 4 aromatic carbocycles. The van der Waals surface area contributed by atoms with Gasteiger partial charge in [-0.15, -0.1) is 0 Å². The monoisotopic (exact) mass is 1040 g/mol. The Kier molecular flexibility index (Phi) is 17.1. The molecule has 76 heavy (non-hydrogen) atoms. The van der Waals surface area contributed by atoms with Crippen molar-refractivity contribution in [2.75, 3.05) is 21.3 Å². The Bertz CT molecular complexity index is 2480. The highest BCUT2D eigenvalue weighted by Crippen LogP contribution is 2.63. The molecule has 0 aliphatic carbocycles. The van der Waals surface area contributed by atoms with E-state index in [1.807, 2.05) is 54.6 Å². The number of hydrogen-bond acceptors (Lipinski definition) is 5. The Labute approximate surface area is 461 Å². The quantitative estimate of drug-likeness (QED) is 0.120. The van der Waals surface area contributed by atoms with Crippen molar-refractivity contribution in [3.63, 3.8) is 0 Å². The highest BCUT2D eigenvalue weighted by Gasteiger charge is 2.60. The highest BCUT2D eigenvalue weighted by atomic mass is 16.6. The molecule has 0 aromatic heterocycles. The zero-order valence-corrected chi connectivity index (χ0v) is 50.8. The van der Waals surface area contributed by atoms with E-state index in [2.05, 4.69) is 242 Å². The van der Waals surface area contributed by atoms with Gasteiger partial charge in [-0.2, -0.15) is 0 Å². The average Bonchev–Trinajstić information content (AvgIpc) is 3.57. The SMILES string of the molecule is C.C=C1Nc2ccccc2C1(C(C)(C)C)C(C)(C)C.CC(C)(C)C1(C(C)(C)C)CC(=O)Nc2ccccc21.CC(C)(C)C1(C(C)(C)C)NC(=O)Nc2ccccc21.CC(C)(C)C1(C(C)(C)C)OC(=O)Nc2ccccc21. The zero-order valence-electron chi connectivity index (χ0n) is 50.8. The number of nitrogens with one attached hydrogen (secondary N) is 5. The van der Waals surface area contributed by atoms with Gasteiger partial charge in [0.05, 0.1) is 11.2 Å². The van der Waals surface area contributed by atoms with Crippen molar-refractivity contribution in [1.82, 2.24) is 5.32 Å². The molecule has 8 rings (SSSR count). The molecule has 4 aliphatic heterocycles. The van der Waals surface area contributed by atoms with Gasteiger partial charge in [0.1, 0.15) is 0 Å². The number of benzene rings is 4. The molecule has 4 heterocycles. The fraction of sp³-hybridized carbons (Fsp3) is 0.567. The van der Waals surface area contributed by atoms with Gasteiger partial charge in [-0.05, 0) is 67.9 Å². The van der Waals surface area contributed by atoms with Crippen LogP contribution in [0.3, 0.4) is 0 Å². The normalized spacial score (nSPS) is 18.2. The number of carbonyl (C=O) groups is 3. The Hall–Kier alpha value is -5.57. The molecule has 0 radical (unpaired) electrons. The molecule has 9 nitrogen and oxygen atoms in total. The Morgan fingerprint density at radius 2 is 0.763 bits per heavy atom. The fourth-order valence-electron chi connectivity index (χ4n) is 15.2. The smallest absolute Gasteiger partial charge is 0.412 e. The summed E-state index contributed by atoms with van der Waals surface area (Å²) in [6.07, 6.45) is 0.181. The molecule has 4 aliphatic rings. The summed E-state index contributed by atoms with van der Waals surface area (Å²) in [5.74, 6) is 0.128. The van der Waals surface area contributed by atoms with E-state index >= 15 is 0 Å². The summed E-state index contributed by atoms with van der Waals surface area (Å²) in [6.45, 7) is 57.5. The predicted octanol–water partition coefficient (Wildman–Crippen LogP) is 18.6. The molecule has 0 bridgehead atoms. The van der Waals surface area contributed by atoms with Crippen LogP contribution in [0.5, 0.6) is 0 Å². The number of amides is 4. The second-order valence-electron chi connectivity index (χ2n) is 29.7. The van der Waals surface area contributed by atoms with E-state index in [0.717, 1.165) is 33.9 Å². The molecule has 0 atom stereocenters. The molecule has 4 amide bonds. The molecular formula is C67H101N5O4. The van der Waals surface area contributed by atoms with Crippen LogP contribution in [0.25, 0.3) is 0 Å². The fourth-order valence-corrected chi connectivity index (χ4v) is 15.2. The lowest BCUT2D eigenvalue weighted by molar-refractivity contribution is -0.146. The Morgan fingerprint density at radius 1 is 0.408 bits per heavy atom. The van der Waals surface area contributed by atoms with Crippen LogP contribution >= 0.6 is 0 Å². The van der Waals surface area contributed by atoms with Crippen LogP contribution < -0.4 is 26.6 Å². The minimum absolute atomic E-state index is 0. The minimum atomic E-state index is -0.654. The zero-order chi connectivity index (χ0) is 57.2. The van der Waals surface area contributed by atoms with E-state index < -0.39 is 11.1 Å². The van der Waals surface area contributed by atoms with Crippen LogP contribution in [-0.4, -0.2) is 18.0 Å². The van der Waals surface area contributed by atoms with Crippen molar-refractivity contribution >= 4 is 40.8 Å². The third kappa shape index (κ3) is 10.6. The predicted molar refractivity (Wildman–Crippen MR) is 323 cm³/mol. The van der Waals surface area contributed by atoms with Crippen LogP contribution in [0, 0.1) is 43.3 Å². The number of fused-ring (bicyclic) bond motifs is 4. The number of allylic oxidation sites excluding steroid dienone is 1. The summed E-state index contributed by atoms with van der Waals surface area (Å²) in [5.41, 5.74) is 8.33. The molecule has 9 heteroatoms. The summed E-state index contributed by atoms with van der Waals surface area (Å²) in [5, 5.41) is 15.4. The van der Waals surface area contributed by atoms with E-state index in [9.17, 15) is 14.4 Å². The number of carbonyl (C=O) groups excluding carboxylic acids is 3. The summed E-state index contributed by atoms with van der Waals surface area (Å²) in [7, 11) is 0. The standard InChI is InChI=1S/C17H25NO.C17H25N.C16H24N2O.C16H23NO2.CH4/c1-15(2,3)17(16(4,5)6)11-14(19)18-13-10-8-7-9-12(13)17;1-12-17(15(2,3)4,16(5,6)7)13-10-8-9-11-14(13)18-12;1-14(2,3)16(15(4,5)6)11-9-7-8-10-12(11)17-13(19)18-16;1-14(2,3)16(15(4,5)6)11-9-7-8-10-12(11)17-13(18)19-16;/h7-10H,11H2,1-6H3,(H,18,19);8-11,18H,1H2,2-7H3;7-10H,1-6H3,(H2,17,18,19);7-10H,1-6H3,(H,17,18);1H4. The Balaban J connectivity index is 0.000000218. The van der Waals surface area contributed by atoms with Gasteiger partial charge in [-0.1, -0.05) is 253 Å². The molecular weight excluding hydrogens is 939 g/mol. The molecule has 0 saturated carbocycles. The lowest BCUT2D eigenvalue weighted by Gasteiger charge is -2.56. The molecule has 0 unspecified atom stereocenters. The Morgan fingerprint density at radius 3 is 1.16 bits per heavy atom. The van der Waals surface area contributed by atoms with E-state index in [4.69, 9.17) is 4.74 Å². The number of para-hydroxylation sites is 4. The minimum Gasteiger partial charge on any atom is -0.437 e. The number of anilines is 4. The maximum absolute atomic E-state index is 12.2. The second kappa shape index (κ2) is 20.7. The van der Waals surface area contributed by atoms with Crippen molar-refractivity contribution in [3.8, 4) is 0 Å². The first-order chi connectivity index (χ1) is 33.9. The molecule has 0 saturated heterocycles. The van der Waals surface area contributed by atoms with Gasteiger partial charge >= 0.3 is 12.1 Å². The van der Waals surface area contributed by atoms with Crippen LogP contribution in [0.1, 0.15) is 202 Å². The van der Waals surface area contributed by atoms with E-state index in [0.29, 0.717) is 6.42 Å². The van der Waals surface area contributed by atoms with Crippen molar-refractivity contribution < 1.29 is 19.1 Å². The first kappa shape index (κ1) is 63.0. The number of cyclic esters (lactones) is 1. The number of ether oxygens (including phenoxy) is 1. The van der Waals surface area contributed by atoms with Gasteiger partial charge in [-0.3, -0.25) is 10.1 Å². The van der Waals surface area contributed by atoms with Gasteiger partial charge in [0, 0.05) is 62.0 Å². The number of urea groups is 1. The lowest BCUT2D eigenvalue weighted by Crippen LogP contribution is -2.64. The van der Waals surface area contributed by atoms with Crippen molar-refractivity contribution in [1.29, 1.82) is 0 Å². The number of hydrogen-bond donors (Lipinski definition) is 5. The highest BCUT2D eigenvalue weighted by molar-refractivity contribution is 5.96. The third-order valence-corrected chi connectivity index (χ3v) is 17.0. The van der Waals surface area contributed by atoms with Gasteiger partial charge < -0.3 is 26.0 Å². The first-order valence-corrected chi connectivity index (χ1v) is 27.1. The van der Waals surface area contributed by atoms with E-state index in [1.54, 1.807) is 0 Å². The maximum atomic E-state index is 12.2. The van der Waals surface area contributed by atoms with Crippen LogP contribution in [-0.2, 0) is 31.5 Å². The summed E-state index contributed by atoms with van der Waals surface area (Å²) in [6, 6.07) is 32.7. The van der Waals surface area contributed by atoms with Crippen LogP contribution in [0.15, 0.2) is 109 Å². The molecule has 0 spiro atoms. The molecule has 0 fully saturated rings. The summed E-state index contributed by atoms with van der Waals surface area (Å²) >= 11 is 0. The topological polar surface area (TPSA) is 121 Å². The van der Waals surface area contributed by atoms with Gasteiger partial charge in [0.2, 0.25) is 5.91 Å². The summed E-state index contributed by atoms with van der Waals surface area (Å²) < 4.78 is 5.88. The van der Waals surface area contributed by atoms with Crippen LogP contribution in [0.2, 0.25) is 0 Å². The summed E-state index contributed by atoms with van der Waals surface area (Å²) in [4.78, 5) is 36.3. The maximum Gasteiger partial charge on any atom is 0.412 e. The van der Waals surface area contributed by atoms with Crippen LogP contribution in [0.4, 0.5) is 32.3 Å². The first-order valence-electron chi connectivity index (χ1n) is 27.1. The van der Waals surface area contributed by atoms with Gasteiger partial charge in [-0.25, -0.2) is 9.59 Å². The molecule has 4 aromatic rings. The third-order valence-electron chi connectivity index (χ3n) is 17.0. The average molecular weight is 1040 g/mol. The molecule has 5 N–H and O–H groups in total. The van der Waals surface area contributed by atoms with Crippen molar-refractivity contribution in [2.45, 2.75) is 202 Å². The van der Waals surface area contributed by atoms with Gasteiger partial charge in [0.15, 0.2) is 5.60 Å². The van der Waals surface area contributed by atoms with Crippen molar-refractivity contribution in [2.24, 2.45) is 43.3 Å². The number of rotatable bonds is 0. The van der Waals surface area contributed by atoms with E-state index in [1.165, 1.54) is 16.8 Å². The second-order valence-corrected chi connectivity index (χ2v) is 29.7.